The number of nitrogens with two attached hydrogens (primary N) is 1. The molecular formula is C20H21N7O2. The van der Waals surface area contributed by atoms with Gasteiger partial charge in [0.05, 0.1) is 11.4 Å². The van der Waals surface area contributed by atoms with Crippen molar-refractivity contribution in [3.8, 4) is 5.75 Å². The van der Waals surface area contributed by atoms with E-state index in [1.54, 1.807) is 6.20 Å². The SMILES string of the molecule is CC(NCc1cc(=O)n2[nH]c(N)nc2n1)c1cccc(OCc2ccccn2)c1. The van der Waals surface area contributed by atoms with Crippen molar-refractivity contribution in [3.05, 3.63) is 82.0 Å². The molecule has 0 bridgehead atoms. The Morgan fingerprint density at radius 3 is 2.90 bits per heavy atom. The Bertz CT molecular complexity index is 1170. The fourth-order valence-electron chi connectivity index (χ4n) is 2.92. The average Bonchev–Trinajstić information content (AvgIpc) is 3.12. The van der Waals surface area contributed by atoms with E-state index in [-0.39, 0.29) is 23.3 Å². The molecule has 0 fully saturated rings. The monoisotopic (exact) mass is 391 g/mol. The molecule has 0 aliphatic carbocycles. The van der Waals surface area contributed by atoms with Crippen LogP contribution < -0.4 is 21.3 Å². The maximum atomic E-state index is 12.1. The molecule has 1 unspecified atom stereocenters. The normalized spacial score (nSPS) is 12.2. The highest BCUT2D eigenvalue weighted by atomic mass is 16.5. The van der Waals surface area contributed by atoms with Crippen molar-refractivity contribution in [2.45, 2.75) is 26.1 Å². The summed E-state index contributed by atoms with van der Waals surface area (Å²) in [7, 11) is 0. The van der Waals surface area contributed by atoms with E-state index in [0.29, 0.717) is 18.8 Å². The van der Waals surface area contributed by atoms with Gasteiger partial charge in [-0.3, -0.25) is 14.9 Å². The third-order valence-corrected chi connectivity index (χ3v) is 4.46. The van der Waals surface area contributed by atoms with Crippen molar-refractivity contribution in [1.82, 2.24) is 29.9 Å². The first-order chi connectivity index (χ1) is 14.1. The molecule has 4 aromatic rings. The number of pyridine rings is 1. The van der Waals surface area contributed by atoms with Gasteiger partial charge in [0.15, 0.2) is 0 Å². The molecule has 4 rings (SSSR count). The molecule has 0 radical (unpaired) electrons. The second kappa shape index (κ2) is 8.11. The second-order valence-electron chi connectivity index (χ2n) is 6.61. The minimum absolute atomic E-state index is 0.0258. The summed E-state index contributed by atoms with van der Waals surface area (Å²) in [6, 6.07) is 15.1. The standard InChI is InChI=1S/C20H21N7O2/c1-13(23-11-16-10-18(28)27-20(24-16)25-19(21)26-27)14-5-4-7-17(9-14)29-12-15-6-2-3-8-22-15/h2-10,13,23H,11-12H2,1H3,(H3,21,24,25,26). The lowest BCUT2D eigenvalue weighted by molar-refractivity contribution is 0.300. The highest BCUT2D eigenvalue weighted by Crippen LogP contribution is 2.20. The third kappa shape index (κ3) is 4.41. The first-order valence-corrected chi connectivity index (χ1v) is 9.19. The summed E-state index contributed by atoms with van der Waals surface area (Å²) >= 11 is 0. The van der Waals surface area contributed by atoms with Crippen molar-refractivity contribution >= 4 is 11.7 Å². The summed E-state index contributed by atoms with van der Waals surface area (Å²) in [6.07, 6.45) is 1.75. The van der Waals surface area contributed by atoms with Gasteiger partial charge < -0.3 is 15.8 Å². The molecule has 0 amide bonds. The van der Waals surface area contributed by atoms with Gasteiger partial charge in [0, 0.05) is 24.8 Å². The van der Waals surface area contributed by atoms with E-state index in [1.807, 2.05) is 49.4 Å². The van der Waals surface area contributed by atoms with Crippen molar-refractivity contribution in [1.29, 1.82) is 0 Å². The number of nitrogen functional groups attached to an aromatic ring is 1. The molecule has 9 heteroatoms. The van der Waals surface area contributed by atoms with Crippen LogP contribution in [-0.4, -0.2) is 24.6 Å². The average molecular weight is 391 g/mol. The molecule has 1 atom stereocenters. The molecule has 3 aromatic heterocycles. The van der Waals surface area contributed by atoms with Crippen LogP contribution in [0, 0.1) is 0 Å². The molecule has 4 N–H and O–H groups in total. The fourth-order valence-corrected chi connectivity index (χ4v) is 2.92. The zero-order valence-corrected chi connectivity index (χ0v) is 15.9. The number of hydrogen-bond donors (Lipinski definition) is 3. The van der Waals surface area contributed by atoms with Crippen LogP contribution in [-0.2, 0) is 13.2 Å². The van der Waals surface area contributed by atoms with Crippen molar-refractivity contribution in [2.75, 3.05) is 5.73 Å². The van der Waals surface area contributed by atoms with E-state index >= 15 is 0 Å². The smallest absolute Gasteiger partial charge is 0.274 e. The number of H-pyrrole nitrogens is 1. The van der Waals surface area contributed by atoms with Crippen molar-refractivity contribution in [3.63, 3.8) is 0 Å². The molecule has 3 heterocycles. The van der Waals surface area contributed by atoms with Gasteiger partial charge in [-0.2, -0.15) is 9.50 Å². The zero-order valence-electron chi connectivity index (χ0n) is 15.9. The lowest BCUT2D eigenvalue weighted by Gasteiger charge is -2.15. The van der Waals surface area contributed by atoms with Gasteiger partial charge in [-0.05, 0) is 36.8 Å². The number of fused-ring (bicyclic) bond motifs is 1. The van der Waals surface area contributed by atoms with Crippen LogP contribution in [0.1, 0.15) is 29.9 Å². The summed E-state index contributed by atoms with van der Waals surface area (Å²) in [5.74, 6) is 1.17. The van der Waals surface area contributed by atoms with Crippen LogP contribution >= 0.6 is 0 Å². The number of nitrogens with one attached hydrogen (secondary N) is 2. The zero-order chi connectivity index (χ0) is 20.2. The van der Waals surface area contributed by atoms with Gasteiger partial charge in [-0.1, -0.05) is 18.2 Å². The minimum atomic E-state index is -0.256. The summed E-state index contributed by atoms with van der Waals surface area (Å²) in [5, 5.41) is 6.01. The van der Waals surface area contributed by atoms with E-state index in [4.69, 9.17) is 10.5 Å². The van der Waals surface area contributed by atoms with Crippen LogP contribution in [0.4, 0.5) is 5.95 Å². The topological polar surface area (TPSA) is 123 Å². The lowest BCUT2D eigenvalue weighted by Crippen LogP contribution is -2.22. The molecule has 0 spiro atoms. The first kappa shape index (κ1) is 18.6. The highest BCUT2D eigenvalue weighted by molar-refractivity contribution is 5.34. The molecule has 29 heavy (non-hydrogen) atoms. The predicted octanol–water partition coefficient (Wildman–Crippen LogP) is 1.82. The van der Waals surface area contributed by atoms with E-state index in [9.17, 15) is 4.79 Å². The van der Waals surface area contributed by atoms with Crippen LogP contribution in [0.2, 0.25) is 0 Å². The Labute approximate surface area is 166 Å². The van der Waals surface area contributed by atoms with Gasteiger partial charge in [0.2, 0.25) is 5.95 Å². The van der Waals surface area contributed by atoms with Gasteiger partial charge in [0.1, 0.15) is 12.4 Å². The molecule has 0 aliphatic heterocycles. The van der Waals surface area contributed by atoms with Gasteiger partial charge in [-0.25, -0.2) is 4.98 Å². The molecule has 9 nitrogen and oxygen atoms in total. The van der Waals surface area contributed by atoms with E-state index < -0.39 is 0 Å². The number of benzene rings is 1. The number of anilines is 1. The number of rotatable bonds is 7. The molecule has 148 valence electrons. The van der Waals surface area contributed by atoms with Gasteiger partial charge in [0.25, 0.3) is 11.3 Å². The molecule has 1 aromatic carbocycles. The number of ether oxygens (including phenoxy) is 1. The van der Waals surface area contributed by atoms with Crippen LogP contribution in [0.15, 0.2) is 59.5 Å². The Morgan fingerprint density at radius 1 is 1.17 bits per heavy atom. The first-order valence-electron chi connectivity index (χ1n) is 9.19. The van der Waals surface area contributed by atoms with Crippen LogP contribution in [0.25, 0.3) is 5.78 Å². The van der Waals surface area contributed by atoms with Crippen molar-refractivity contribution in [2.24, 2.45) is 0 Å². The molecular weight excluding hydrogens is 370 g/mol. The highest BCUT2D eigenvalue weighted by Gasteiger charge is 2.10. The number of aromatic nitrogens is 5. The third-order valence-electron chi connectivity index (χ3n) is 4.46. The largest absolute Gasteiger partial charge is 0.487 e. The predicted molar refractivity (Wildman–Crippen MR) is 108 cm³/mol. The number of nitrogens with zero attached hydrogens (tertiary/aromatic N) is 4. The molecule has 0 aliphatic rings. The maximum Gasteiger partial charge on any atom is 0.274 e. The number of hydrogen-bond acceptors (Lipinski definition) is 7. The van der Waals surface area contributed by atoms with E-state index in [2.05, 4.69) is 25.4 Å². The second-order valence-corrected chi connectivity index (χ2v) is 6.61. The van der Waals surface area contributed by atoms with Crippen LogP contribution in [0.5, 0.6) is 5.75 Å². The maximum absolute atomic E-state index is 12.1. The van der Waals surface area contributed by atoms with Crippen molar-refractivity contribution < 1.29 is 4.74 Å². The Kier molecular flexibility index (Phi) is 5.21. The Balaban J connectivity index is 1.41. The molecule has 0 saturated carbocycles. The Morgan fingerprint density at radius 2 is 2.07 bits per heavy atom. The van der Waals surface area contributed by atoms with E-state index in [1.165, 1.54) is 10.6 Å². The summed E-state index contributed by atoms with van der Waals surface area (Å²) in [4.78, 5) is 24.7. The fraction of sp³-hybridized carbons (Fsp3) is 0.200. The summed E-state index contributed by atoms with van der Waals surface area (Å²) in [5.41, 5.74) is 7.85. The van der Waals surface area contributed by atoms with Gasteiger partial charge >= 0.3 is 0 Å². The summed E-state index contributed by atoms with van der Waals surface area (Å²) in [6.45, 7) is 2.86. The number of aromatic amines is 1. The Hall–Kier alpha value is -3.72. The quantitative estimate of drug-likeness (QED) is 0.439. The summed E-state index contributed by atoms with van der Waals surface area (Å²) < 4.78 is 7.05. The molecule has 0 saturated heterocycles. The van der Waals surface area contributed by atoms with Crippen LogP contribution in [0.3, 0.4) is 0 Å². The van der Waals surface area contributed by atoms with Gasteiger partial charge in [-0.15, -0.1) is 0 Å². The van der Waals surface area contributed by atoms with E-state index in [0.717, 1.165) is 17.0 Å². The minimum Gasteiger partial charge on any atom is -0.487 e. The lowest BCUT2D eigenvalue weighted by atomic mass is 10.1.